The lowest BCUT2D eigenvalue weighted by Gasteiger charge is -2.07. The highest BCUT2D eigenvalue weighted by Crippen LogP contribution is 2.28. The number of benzene rings is 2. The van der Waals surface area contributed by atoms with E-state index >= 15 is 0 Å². The van der Waals surface area contributed by atoms with Crippen molar-refractivity contribution in [2.75, 3.05) is 0 Å². The Bertz CT molecular complexity index is 953. The van der Waals surface area contributed by atoms with Crippen molar-refractivity contribution < 1.29 is 7.31 Å². The Morgan fingerprint density at radius 3 is 2.50 bits per heavy atom. The maximum atomic E-state index is 8.41. The zero-order chi connectivity index (χ0) is 16.9. The van der Waals surface area contributed by atoms with Gasteiger partial charge < -0.3 is 0 Å². The number of nitrogens with zero attached hydrogens (tertiary/aromatic N) is 2. The van der Waals surface area contributed by atoms with E-state index in [1.165, 1.54) is 0 Å². The van der Waals surface area contributed by atoms with Crippen LogP contribution in [0.4, 0.5) is 0 Å². The standard InChI is InChI=1S/C20H19N2/c1-15-9-6-7-12-18(15)22-16(2)19-13-8-14-21(19)20(22)17-10-4-3-5-11-17/h3-13H,14H2,1-2H3/q+1/i14D2. The van der Waals surface area contributed by atoms with Crippen LogP contribution in [0.3, 0.4) is 0 Å². The summed E-state index contributed by atoms with van der Waals surface area (Å²) >= 11 is 0. The van der Waals surface area contributed by atoms with E-state index in [0.29, 0.717) is 0 Å². The number of allylic oxidation sites excluding steroid dienone is 1. The van der Waals surface area contributed by atoms with Crippen molar-refractivity contribution in [2.24, 2.45) is 0 Å². The van der Waals surface area contributed by atoms with E-state index in [-0.39, 0.29) is 0 Å². The van der Waals surface area contributed by atoms with E-state index in [4.69, 9.17) is 2.74 Å². The van der Waals surface area contributed by atoms with E-state index in [0.717, 1.165) is 34.0 Å². The molecule has 0 bridgehead atoms. The molecular formula is C20H19N2+. The van der Waals surface area contributed by atoms with Crippen LogP contribution in [0.25, 0.3) is 23.2 Å². The second kappa shape index (κ2) is 4.99. The van der Waals surface area contributed by atoms with Gasteiger partial charge in [0.15, 0.2) is 11.4 Å². The molecule has 0 aliphatic carbocycles. The number of rotatable bonds is 2. The van der Waals surface area contributed by atoms with Crippen molar-refractivity contribution in [2.45, 2.75) is 20.3 Å². The number of para-hydroxylation sites is 1. The van der Waals surface area contributed by atoms with E-state index in [2.05, 4.69) is 30.5 Å². The fraction of sp³-hybridized carbons (Fsp3) is 0.150. The Morgan fingerprint density at radius 1 is 1.00 bits per heavy atom. The smallest absolute Gasteiger partial charge is 0.219 e. The molecule has 4 rings (SSSR count). The van der Waals surface area contributed by atoms with Crippen LogP contribution in [0.2, 0.25) is 0 Å². The van der Waals surface area contributed by atoms with Crippen LogP contribution in [-0.4, -0.2) is 4.57 Å². The molecule has 0 amide bonds. The molecule has 22 heavy (non-hydrogen) atoms. The Hall–Kier alpha value is -2.61. The highest BCUT2D eigenvalue weighted by Gasteiger charge is 2.31. The van der Waals surface area contributed by atoms with Crippen molar-refractivity contribution in [3.8, 4) is 17.1 Å². The SMILES string of the molecule is [2H]C1([2H])C=Cc2c(C)n(-c3ccccc3C)c(-c3ccccc3)[n+]21. The third-order valence-electron chi connectivity index (χ3n) is 4.20. The summed E-state index contributed by atoms with van der Waals surface area (Å²) in [4.78, 5) is 0. The van der Waals surface area contributed by atoms with Gasteiger partial charge in [-0.15, -0.1) is 0 Å². The highest BCUT2D eigenvalue weighted by atomic mass is 15.2. The Morgan fingerprint density at radius 2 is 1.73 bits per heavy atom. The second-order valence-corrected chi connectivity index (χ2v) is 5.58. The van der Waals surface area contributed by atoms with Gasteiger partial charge in [0.05, 0.1) is 8.30 Å². The first kappa shape index (κ1) is 11.0. The van der Waals surface area contributed by atoms with Gasteiger partial charge in [-0.05, 0) is 42.8 Å². The normalized spacial score (nSPS) is 16.3. The van der Waals surface area contributed by atoms with Crippen LogP contribution in [0.5, 0.6) is 0 Å². The Labute approximate surface area is 133 Å². The average molecular weight is 289 g/mol. The van der Waals surface area contributed by atoms with Gasteiger partial charge in [-0.1, -0.05) is 36.4 Å². The maximum absolute atomic E-state index is 8.41. The third-order valence-corrected chi connectivity index (χ3v) is 4.20. The fourth-order valence-electron chi connectivity index (χ4n) is 3.12. The van der Waals surface area contributed by atoms with E-state index < -0.39 is 6.50 Å². The maximum Gasteiger partial charge on any atom is 0.295 e. The molecular weight excluding hydrogens is 268 g/mol. The van der Waals surface area contributed by atoms with Gasteiger partial charge in [-0.2, -0.15) is 4.57 Å². The summed E-state index contributed by atoms with van der Waals surface area (Å²) in [6.45, 7) is 2.61. The number of aromatic nitrogens is 2. The van der Waals surface area contributed by atoms with Crippen molar-refractivity contribution in [3.05, 3.63) is 77.6 Å². The van der Waals surface area contributed by atoms with E-state index in [1.54, 1.807) is 10.6 Å². The Balaban J connectivity index is 2.12. The third kappa shape index (κ3) is 1.84. The molecule has 0 saturated carbocycles. The van der Waals surface area contributed by atoms with Crippen LogP contribution in [-0.2, 0) is 6.50 Å². The summed E-state index contributed by atoms with van der Waals surface area (Å²) in [6, 6.07) is 18.3. The summed E-state index contributed by atoms with van der Waals surface area (Å²) in [5.41, 5.74) is 5.21. The average Bonchev–Trinajstić information content (AvgIpc) is 3.05. The van der Waals surface area contributed by atoms with Crippen LogP contribution in [0, 0.1) is 13.8 Å². The summed E-state index contributed by atoms with van der Waals surface area (Å²) < 4.78 is 20.8. The highest BCUT2D eigenvalue weighted by molar-refractivity contribution is 5.62. The Kier molecular flexibility index (Phi) is 2.50. The van der Waals surface area contributed by atoms with E-state index in [1.807, 2.05) is 48.5 Å². The second-order valence-electron chi connectivity index (χ2n) is 5.58. The van der Waals surface area contributed by atoms with Crippen molar-refractivity contribution in [1.29, 1.82) is 0 Å². The molecule has 2 nitrogen and oxygen atoms in total. The van der Waals surface area contributed by atoms with Crippen molar-refractivity contribution in [1.82, 2.24) is 4.57 Å². The predicted molar refractivity (Wildman–Crippen MR) is 89.9 cm³/mol. The van der Waals surface area contributed by atoms with Gasteiger partial charge in [-0.25, -0.2) is 4.57 Å². The van der Waals surface area contributed by atoms with Gasteiger partial charge in [0.2, 0.25) is 0 Å². The van der Waals surface area contributed by atoms with Crippen molar-refractivity contribution in [3.63, 3.8) is 0 Å². The van der Waals surface area contributed by atoms with Gasteiger partial charge in [-0.3, -0.25) is 0 Å². The molecule has 2 heterocycles. The summed E-state index contributed by atoms with van der Waals surface area (Å²) in [5.74, 6) is 0.868. The number of fused-ring (bicyclic) bond motifs is 1. The lowest BCUT2D eigenvalue weighted by molar-refractivity contribution is -0.672. The molecule has 108 valence electrons. The molecule has 1 aromatic heterocycles. The molecule has 0 unspecified atom stereocenters. The molecule has 0 saturated heterocycles. The van der Waals surface area contributed by atoms with Crippen LogP contribution in [0.15, 0.2) is 60.7 Å². The first-order chi connectivity index (χ1) is 11.5. The van der Waals surface area contributed by atoms with E-state index in [9.17, 15) is 0 Å². The molecule has 1 aliphatic rings. The zero-order valence-corrected chi connectivity index (χ0v) is 12.7. The summed E-state index contributed by atoms with van der Waals surface area (Å²) in [5, 5.41) is 0. The van der Waals surface area contributed by atoms with Crippen molar-refractivity contribution >= 4 is 6.08 Å². The summed E-state index contributed by atoms with van der Waals surface area (Å²) in [7, 11) is 0. The molecule has 0 fully saturated rings. The molecule has 2 aromatic carbocycles. The quantitative estimate of drug-likeness (QED) is 0.629. The number of aryl methyl sites for hydroxylation is 1. The lowest BCUT2D eigenvalue weighted by atomic mass is 10.1. The zero-order valence-electron chi connectivity index (χ0n) is 14.7. The molecule has 0 radical (unpaired) electrons. The first-order valence-electron chi connectivity index (χ1n) is 8.49. The number of hydrogen-bond acceptors (Lipinski definition) is 0. The van der Waals surface area contributed by atoms with Gasteiger partial charge in [0.25, 0.3) is 5.82 Å². The van der Waals surface area contributed by atoms with Gasteiger partial charge in [0.1, 0.15) is 12.2 Å². The minimum Gasteiger partial charge on any atom is -0.219 e. The minimum absolute atomic E-state index is 0.868. The van der Waals surface area contributed by atoms with Crippen LogP contribution < -0.4 is 4.57 Å². The fourth-order valence-corrected chi connectivity index (χ4v) is 3.12. The molecule has 2 heteroatoms. The lowest BCUT2D eigenvalue weighted by Crippen LogP contribution is -2.34. The predicted octanol–water partition coefficient (Wildman–Crippen LogP) is 4.08. The summed E-state index contributed by atoms with van der Waals surface area (Å²) in [6.07, 6.45) is 3.51. The molecule has 0 N–H and O–H groups in total. The molecule has 0 spiro atoms. The largest absolute Gasteiger partial charge is 0.295 e. The van der Waals surface area contributed by atoms with Gasteiger partial charge >= 0.3 is 0 Å². The first-order valence-corrected chi connectivity index (χ1v) is 7.49. The molecule has 0 atom stereocenters. The topological polar surface area (TPSA) is 8.81 Å². The van der Waals surface area contributed by atoms with Crippen LogP contribution in [0.1, 0.15) is 19.7 Å². The molecule has 1 aliphatic heterocycles. The molecule has 3 aromatic rings. The monoisotopic (exact) mass is 289 g/mol. The number of hydrogen-bond donors (Lipinski definition) is 0. The van der Waals surface area contributed by atoms with Gasteiger partial charge in [0, 0.05) is 6.92 Å². The van der Waals surface area contributed by atoms with Crippen LogP contribution >= 0.6 is 0 Å². The number of imidazole rings is 1. The minimum atomic E-state index is -1.53.